The third-order valence-electron chi connectivity index (χ3n) is 4.29. The lowest BCUT2D eigenvalue weighted by Gasteiger charge is -2.06. The van der Waals surface area contributed by atoms with Crippen molar-refractivity contribution in [1.29, 1.82) is 0 Å². The van der Waals surface area contributed by atoms with E-state index in [9.17, 15) is 4.79 Å². The molecular weight excluding hydrogens is 356 g/mol. The summed E-state index contributed by atoms with van der Waals surface area (Å²) in [5.41, 5.74) is 8.86. The molecule has 0 unspecified atom stereocenters. The van der Waals surface area contributed by atoms with E-state index < -0.39 is 0 Å². The fourth-order valence-corrected chi connectivity index (χ4v) is 3.13. The molecule has 0 radical (unpaired) electrons. The van der Waals surface area contributed by atoms with Crippen molar-refractivity contribution in [2.45, 2.75) is 20.0 Å². The normalized spacial score (nSPS) is 12.0. The first kappa shape index (κ1) is 17.9. The topological polar surface area (TPSA) is 82.4 Å². The molecule has 3 N–H and O–H groups in total. The number of nitrogens with two attached hydrogens (primary N) is 1. The van der Waals surface area contributed by atoms with Crippen LogP contribution in [0.25, 0.3) is 11.0 Å². The van der Waals surface area contributed by atoms with Crippen molar-refractivity contribution in [2.24, 2.45) is 0 Å². The molecule has 0 spiro atoms. The van der Waals surface area contributed by atoms with Gasteiger partial charge in [0.15, 0.2) is 18.0 Å². The van der Waals surface area contributed by atoms with E-state index in [0.29, 0.717) is 23.1 Å². The number of amides is 1. The zero-order chi connectivity index (χ0) is 17.4. The highest BCUT2D eigenvalue weighted by molar-refractivity contribution is 5.90. The van der Waals surface area contributed by atoms with Crippen LogP contribution in [0.2, 0.25) is 0 Å². The maximum atomic E-state index is 12.5. The first-order chi connectivity index (χ1) is 12.2. The minimum Gasteiger partial charge on any atom is -1.00 e. The number of halogens is 1. The standard InChI is InChI=1S/C18H18N4O3.ClH/c1-2-21-13-5-3-4-6-14(13)22(18(21)19)10-17(23)20-12-7-8-15-16(9-12)25-11-24-15;/h3-9,19H,2,10-11H2,1H3,(H,20,23);1H. The van der Waals surface area contributed by atoms with Crippen molar-refractivity contribution in [3.63, 3.8) is 0 Å². The van der Waals surface area contributed by atoms with E-state index in [-0.39, 0.29) is 31.7 Å². The summed E-state index contributed by atoms with van der Waals surface area (Å²) in [5, 5.41) is 2.88. The molecule has 136 valence electrons. The Kier molecular flexibility index (Phi) is 4.90. The van der Waals surface area contributed by atoms with Gasteiger partial charge in [-0.15, -0.1) is 0 Å². The summed E-state index contributed by atoms with van der Waals surface area (Å²) < 4.78 is 14.4. The number of aromatic nitrogens is 2. The summed E-state index contributed by atoms with van der Waals surface area (Å²) in [6.45, 7) is 3.10. The van der Waals surface area contributed by atoms with Crippen molar-refractivity contribution >= 4 is 28.6 Å². The second-order valence-corrected chi connectivity index (χ2v) is 5.79. The SMILES string of the molecule is CCn1c(N)[n+](CC(=O)Nc2ccc3c(c2)OCO3)c2ccccc21.[Cl-]. The molecular formula is C18H19ClN4O3. The Morgan fingerprint density at radius 1 is 1.23 bits per heavy atom. The molecule has 1 aromatic heterocycles. The maximum absolute atomic E-state index is 12.5. The molecule has 7 nitrogen and oxygen atoms in total. The Morgan fingerprint density at radius 3 is 2.81 bits per heavy atom. The van der Waals surface area contributed by atoms with Crippen LogP contribution < -0.4 is 37.5 Å². The molecule has 2 heterocycles. The number of imidazole rings is 1. The third kappa shape index (κ3) is 3.01. The zero-order valence-corrected chi connectivity index (χ0v) is 15.0. The van der Waals surface area contributed by atoms with Gasteiger partial charge < -0.3 is 27.2 Å². The molecule has 0 saturated heterocycles. The molecule has 1 aliphatic rings. The lowest BCUT2D eigenvalue weighted by Crippen LogP contribution is -3.00. The van der Waals surface area contributed by atoms with Crippen LogP contribution in [0.1, 0.15) is 6.92 Å². The van der Waals surface area contributed by atoms with Crippen LogP contribution in [0, 0.1) is 0 Å². The van der Waals surface area contributed by atoms with Gasteiger partial charge >= 0.3 is 5.95 Å². The van der Waals surface area contributed by atoms with Gasteiger partial charge in [-0.25, -0.2) is 9.13 Å². The second-order valence-electron chi connectivity index (χ2n) is 5.79. The zero-order valence-electron chi connectivity index (χ0n) is 14.2. The first-order valence-electron chi connectivity index (χ1n) is 8.13. The quantitative estimate of drug-likeness (QED) is 0.568. The van der Waals surface area contributed by atoms with Crippen molar-refractivity contribution < 1.29 is 31.2 Å². The molecule has 8 heteroatoms. The molecule has 2 aromatic carbocycles. The van der Waals surface area contributed by atoms with Gasteiger partial charge in [0.25, 0.3) is 5.91 Å². The van der Waals surface area contributed by atoms with Gasteiger partial charge in [0, 0.05) is 11.8 Å². The number of ether oxygens (including phenoxy) is 2. The van der Waals surface area contributed by atoms with E-state index in [1.54, 1.807) is 18.2 Å². The van der Waals surface area contributed by atoms with Crippen molar-refractivity contribution in [2.75, 3.05) is 17.8 Å². The number of aryl methyl sites for hydroxylation is 1. The highest BCUT2D eigenvalue weighted by Crippen LogP contribution is 2.34. The van der Waals surface area contributed by atoms with Gasteiger partial charge in [-0.2, -0.15) is 0 Å². The van der Waals surface area contributed by atoms with Gasteiger partial charge in [0.2, 0.25) is 6.79 Å². The Hall–Kier alpha value is -2.93. The van der Waals surface area contributed by atoms with Crippen LogP contribution in [0.4, 0.5) is 11.6 Å². The smallest absolute Gasteiger partial charge is 0.356 e. The predicted octanol–water partition coefficient (Wildman–Crippen LogP) is -1.10. The van der Waals surface area contributed by atoms with Crippen LogP contribution in [-0.2, 0) is 17.9 Å². The van der Waals surface area contributed by atoms with Gasteiger partial charge in [0.05, 0.1) is 6.54 Å². The van der Waals surface area contributed by atoms with Crippen LogP contribution in [-0.4, -0.2) is 17.3 Å². The number of nitrogen functional groups attached to an aromatic ring is 1. The summed E-state index contributed by atoms with van der Waals surface area (Å²) in [4.78, 5) is 12.5. The van der Waals surface area contributed by atoms with Crippen LogP contribution in [0.5, 0.6) is 11.5 Å². The van der Waals surface area contributed by atoms with Crippen LogP contribution in [0.15, 0.2) is 42.5 Å². The molecule has 0 bridgehead atoms. The van der Waals surface area contributed by atoms with Gasteiger partial charge in [-0.3, -0.25) is 10.5 Å². The molecule has 26 heavy (non-hydrogen) atoms. The maximum Gasteiger partial charge on any atom is 0.356 e. The molecule has 1 amide bonds. The summed E-state index contributed by atoms with van der Waals surface area (Å²) in [7, 11) is 0. The Bertz CT molecular complexity index is 970. The van der Waals surface area contributed by atoms with E-state index in [1.807, 2.05) is 40.3 Å². The van der Waals surface area contributed by atoms with Crippen molar-refractivity contribution in [3.05, 3.63) is 42.5 Å². The number of fused-ring (bicyclic) bond motifs is 2. The largest absolute Gasteiger partial charge is 1.00 e. The highest BCUT2D eigenvalue weighted by Gasteiger charge is 2.22. The van der Waals surface area contributed by atoms with Crippen molar-refractivity contribution in [3.8, 4) is 11.5 Å². The summed E-state index contributed by atoms with van der Waals surface area (Å²) in [6, 6.07) is 13.2. The summed E-state index contributed by atoms with van der Waals surface area (Å²) in [5.74, 6) is 1.72. The van der Waals surface area contributed by atoms with E-state index in [4.69, 9.17) is 15.2 Å². The Balaban J connectivity index is 0.00000196. The number of rotatable bonds is 4. The van der Waals surface area contributed by atoms with E-state index in [0.717, 1.165) is 17.6 Å². The number of anilines is 2. The van der Waals surface area contributed by atoms with Gasteiger partial charge in [-0.1, -0.05) is 12.1 Å². The van der Waals surface area contributed by atoms with E-state index in [2.05, 4.69) is 5.32 Å². The molecule has 0 aliphatic carbocycles. The minimum absolute atomic E-state index is 0. The van der Waals surface area contributed by atoms with E-state index >= 15 is 0 Å². The number of nitrogens with one attached hydrogen (secondary N) is 1. The fourth-order valence-electron chi connectivity index (χ4n) is 3.13. The number of para-hydroxylation sites is 2. The number of hydrogen-bond acceptors (Lipinski definition) is 4. The van der Waals surface area contributed by atoms with Gasteiger partial charge in [0.1, 0.15) is 11.0 Å². The molecule has 3 aromatic rings. The Labute approximate surface area is 156 Å². The number of carbonyl (C=O) groups excluding carboxylic acids is 1. The fraction of sp³-hybridized carbons (Fsp3) is 0.222. The number of hydrogen-bond donors (Lipinski definition) is 2. The molecule has 1 aliphatic heterocycles. The van der Waals surface area contributed by atoms with Crippen LogP contribution >= 0.6 is 0 Å². The number of nitrogens with zero attached hydrogens (tertiary/aromatic N) is 2. The van der Waals surface area contributed by atoms with E-state index in [1.165, 1.54) is 0 Å². The van der Waals surface area contributed by atoms with Crippen molar-refractivity contribution in [1.82, 2.24) is 4.57 Å². The van der Waals surface area contributed by atoms with Crippen LogP contribution in [0.3, 0.4) is 0 Å². The number of benzene rings is 2. The van der Waals surface area contributed by atoms with Gasteiger partial charge in [-0.05, 0) is 31.2 Å². The third-order valence-corrected chi connectivity index (χ3v) is 4.29. The summed E-state index contributed by atoms with van der Waals surface area (Å²) in [6.07, 6.45) is 0. The highest BCUT2D eigenvalue weighted by atomic mass is 35.5. The molecule has 0 atom stereocenters. The molecule has 0 fully saturated rings. The summed E-state index contributed by atoms with van der Waals surface area (Å²) >= 11 is 0. The predicted molar refractivity (Wildman–Crippen MR) is 93.4 cm³/mol. The number of carbonyl (C=O) groups is 1. The Morgan fingerprint density at radius 2 is 2.00 bits per heavy atom. The minimum atomic E-state index is -0.158. The molecule has 0 saturated carbocycles. The average molecular weight is 375 g/mol. The lowest BCUT2D eigenvalue weighted by molar-refractivity contribution is -0.643. The average Bonchev–Trinajstić information content (AvgIpc) is 3.18. The monoisotopic (exact) mass is 374 g/mol. The lowest BCUT2D eigenvalue weighted by atomic mass is 10.2. The first-order valence-corrected chi connectivity index (χ1v) is 8.13. The second kappa shape index (κ2) is 7.13. The molecule has 4 rings (SSSR count).